The topological polar surface area (TPSA) is 113 Å². The average Bonchev–Trinajstić information content (AvgIpc) is 3.49. The van der Waals surface area contributed by atoms with Gasteiger partial charge < -0.3 is 15.0 Å². The van der Waals surface area contributed by atoms with Crippen LogP contribution in [0.4, 0.5) is 5.82 Å². The minimum atomic E-state index is -0.916. The lowest BCUT2D eigenvalue weighted by atomic mass is 10.1. The number of aromatic nitrogens is 2. The van der Waals surface area contributed by atoms with Crippen LogP contribution in [0.15, 0.2) is 28.0 Å². The van der Waals surface area contributed by atoms with Crippen molar-refractivity contribution in [3.05, 3.63) is 44.7 Å². The maximum absolute atomic E-state index is 13.8. The number of aryl methyl sites for hydroxylation is 1. The summed E-state index contributed by atoms with van der Waals surface area (Å²) in [6, 6.07) is 2.73. The number of piperazine rings is 1. The van der Waals surface area contributed by atoms with E-state index >= 15 is 0 Å². The van der Waals surface area contributed by atoms with E-state index in [1.807, 2.05) is 13.0 Å². The van der Waals surface area contributed by atoms with Gasteiger partial charge in [0.15, 0.2) is 0 Å². The highest BCUT2D eigenvalue weighted by Crippen LogP contribution is 2.38. The highest BCUT2D eigenvalue weighted by Gasteiger charge is 2.39. The second kappa shape index (κ2) is 10.3. The number of pyridine rings is 1. The van der Waals surface area contributed by atoms with Crippen LogP contribution in [0.3, 0.4) is 0 Å². The van der Waals surface area contributed by atoms with Crippen LogP contribution in [-0.4, -0.2) is 68.7 Å². The largest absolute Gasteiger partial charge is 0.469 e. The standard InChI is InChI=1S/C25H27N5O5S2/c1-14-7-8-19-27-21(28-10-9-26-22(32)17(28)12-20(31)35-2)16(23(33)29(19)13-14)11-18-24(34)30(25(36)37-18)15-5-3-4-6-15/h7-8,11,13,15,17H,3-6,9-10,12H2,1-2H3,(H,26,32)/b18-11-. The number of hydrogen-bond donors (Lipinski definition) is 1. The maximum atomic E-state index is 13.8. The number of nitrogens with zero attached hydrogens (tertiary/aromatic N) is 4. The number of fused-ring (bicyclic) bond motifs is 1. The lowest BCUT2D eigenvalue weighted by Gasteiger charge is -2.36. The molecule has 1 N–H and O–H groups in total. The molecule has 2 aliphatic heterocycles. The summed E-state index contributed by atoms with van der Waals surface area (Å²) in [5, 5.41) is 2.77. The van der Waals surface area contributed by atoms with Gasteiger partial charge in [0.25, 0.3) is 11.5 Å². The summed E-state index contributed by atoms with van der Waals surface area (Å²) in [6.45, 7) is 2.51. The number of hydrogen-bond acceptors (Lipinski definition) is 9. The molecule has 194 valence electrons. The Hall–Kier alpha value is -3.25. The molecule has 1 unspecified atom stereocenters. The van der Waals surface area contributed by atoms with Crippen molar-refractivity contribution in [2.75, 3.05) is 25.1 Å². The number of thiocarbonyl (C=S) groups is 1. The number of anilines is 1. The van der Waals surface area contributed by atoms with Gasteiger partial charge in [-0.2, -0.15) is 0 Å². The molecule has 2 aromatic rings. The first-order valence-electron chi connectivity index (χ1n) is 12.2. The van der Waals surface area contributed by atoms with Gasteiger partial charge in [0.1, 0.15) is 21.8 Å². The van der Waals surface area contributed by atoms with Crippen LogP contribution in [0, 0.1) is 6.92 Å². The smallest absolute Gasteiger partial charge is 0.308 e. The molecule has 3 aliphatic rings. The minimum Gasteiger partial charge on any atom is -0.469 e. The van der Waals surface area contributed by atoms with E-state index in [9.17, 15) is 19.2 Å². The predicted octanol–water partition coefficient (Wildman–Crippen LogP) is 2.01. The van der Waals surface area contributed by atoms with Crippen molar-refractivity contribution in [2.45, 2.75) is 51.1 Å². The van der Waals surface area contributed by atoms with Gasteiger partial charge in [0, 0.05) is 25.3 Å². The van der Waals surface area contributed by atoms with Gasteiger partial charge in [-0.1, -0.05) is 42.9 Å². The molecule has 0 aromatic carbocycles. The van der Waals surface area contributed by atoms with E-state index < -0.39 is 12.0 Å². The molecular formula is C25H27N5O5S2. The van der Waals surface area contributed by atoms with Crippen LogP contribution in [0.25, 0.3) is 11.7 Å². The first-order valence-corrected chi connectivity index (χ1v) is 13.4. The molecule has 2 saturated heterocycles. The third-order valence-corrected chi connectivity index (χ3v) is 8.30. The second-order valence-electron chi connectivity index (χ2n) is 9.36. The molecule has 4 heterocycles. The lowest BCUT2D eigenvalue weighted by molar-refractivity contribution is -0.143. The highest BCUT2D eigenvalue weighted by molar-refractivity contribution is 8.26. The van der Waals surface area contributed by atoms with Gasteiger partial charge in [-0.05, 0) is 37.5 Å². The van der Waals surface area contributed by atoms with Crippen LogP contribution >= 0.6 is 24.0 Å². The van der Waals surface area contributed by atoms with Crippen molar-refractivity contribution in [1.29, 1.82) is 0 Å². The number of carbonyl (C=O) groups excluding carboxylic acids is 3. The molecule has 1 aliphatic carbocycles. The predicted molar refractivity (Wildman–Crippen MR) is 144 cm³/mol. The van der Waals surface area contributed by atoms with Gasteiger partial charge in [0.05, 0.1) is 24.0 Å². The fraction of sp³-hybridized carbons (Fsp3) is 0.440. The van der Waals surface area contributed by atoms with E-state index in [2.05, 4.69) is 5.32 Å². The summed E-state index contributed by atoms with van der Waals surface area (Å²) in [5.74, 6) is -0.895. The highest BCUT2D eigenvalue weighted by atomic mass is 32.2. The molecule has 2 amide bonds. The zero-order valence-corrected chi connectivity index (χ0v) is 22.2. The van der Waals surface area contributed by atoms with E-state index in [1.165, 1.54) is 29.3 Å². The summed E-state index contributed by atoms with van der Waals surface area (Å²) < 4.78 is 6.72. The Morgan fingerprint density at radius 1 is 1.27 bits per heavy atom. The number of methoxy groups -OCH3 is 1. The van der Waals surface area contributed by atoms with E-state index in [-0.39, 0.29) is 41.2 Å². The van der Waals surface area contributed by atoms with Crippen molar-refractivity contribution in [1.82, 2.24) is 19.6 Å². The van der Waals surface area contributed by atoms with Crippen molar-refractivity contribution >= 4 is 63.6 Å². The van der Waals surface area contributed by atoms with Crippen LogP contribution in [0.1, 0.15) is 43.2 Å². The van der Waals surface area contributed by atoms with Crippen LogP contribution in [-0.2, 0) is 19.1 Å². The van der Waals surface area contributed by atoms with Crippen molar-refractivity contribution in [3.8, 4) is 0 Å². The average molecular weight is 542 g/mol. The molecule has 12 heteroatoms. The quantitative estimate of drug-likeness (QED) is 0.345. The van der Waals surface area contributed by atoms with E-state index in [4.69, 9.17) is 21.9 Å². The Balaban J connectivity index is 1.65. The zero-order chi connectivity index (χ0) is 26.3. The summed E-state index contributed by atoms with van der Waals surface area (Å²) in [5.41, 5.74) is 1.05. The first kappa shape index (κ1) is 25.4. The lowest BCUT2D eigenvalue weighted by Crippen LogP contribution is -2.57. The summed E-state index contributed by atoms with van der Waals surface area (Å²) in [4.78, 5) is 60.6. The Bertz CT molecular complexity index is 1400. The van der Waals surface area contributed by atoms with Gasteiger partial charge >= 0.3 is 5.97 Å². The molecule has 37 heavy (non-hydrogen) atoms. The SMILES string of the molecule is COC(=O)CC1C(=O)NCCN1c1nc2ccc(C)cn2c(=O)c1/C=C1\SC(=S)N(C2CCCC2)C1=O. The molecule has 10 nitrogen and oxygen atoms in total. The number of rotatable bonds is 5. The Kier molecular flexibility index (Phi) is 7.04. The third-order valence-electron chi connectivity index (χ3n) is 6.96. The molecule has 1 atom stereocenters. The molecule has 0 bridgehead atoms. The summed E-state index contributed by atoms with van der Waals surface area (Å²) in [6.07, 6.45) is 6.93. The van der Waals surface area contributed by atoms with Crippen LogP contribution < -0.4 is 15.8 Å². The van der Waals surface area contributed by atoms with Gasteiger partial charge in [-0.25, -0.2) is 4.98 Å². The molecule has 0 radical (unpaired) electrons. The molecule has 5 rings (SSSR count). The van der Waals surface area contributed by atoms with Crippen molar-refractivity contribution in [3.63, 3.8) is 0 Å². The molecule has 0 spiro atoms. The molecule has 1 saturated carbocycles. The summed E-state index contributed by atoms with van der Waals surface area (Å²) >= 11 is 6.71. The zero-order valence-electron chi connectivity index (χ0n) is 20.6. The van der Waals surface area contributed by atoms with Crippen LogP contribution in [0.2, 0.25) is 0 Å². The summed E-state index contributed by atoms with van der Waals surface area (Å²) in [7, 11) is 1.26. The maximum Gasteiger partial charge on any atom is 0.308 e. The number of carbonyl (C=O) groups is 3. The van der Waals surface area contributed by atoms with Gasteiger partial charge in [0.2, 0.25) is 5.91 Å². The van der Waals surface area contributed by atoms with Crippen LogP contribution in [0.5, 0.6) is 0 Å². The number of nitrogens with one attached hydrogen (secondary N) is 1. The monoisotopic (exact) mass is 541 g/mol. The third kappa shape index (κ3) is 4.75. The normalized spacial score (nSPS) is 21.8. The number of esters is 1. The van der Waals surface area contributed by atoms with Gasteiger partial charge in [-0.15, -0.1) is 0 Å². The Morgan fingerprint density at radius 3 is 2.76 bits per heavy atom. The molecular weight excluding hydrogens is 514 g/mol. The second-order valence-corrected chi connectivity index (χ2v) is 11.0. The van der Waals surface area contributed by atoms with Crippen molar-refractivity contribution < 1.29 is 19.1 Å². The minimum absolute atomic E-state index is 0.0755. The van der Waals surface area contributed by atoms with E-state index in [0.717, 1.165) is 31.2 Å². The molecule has 3 fully saturated rings. The fourth-order valence-corrected chi connectivity index (χ4v) is 6.47. The number of thioether (sulfide) groups is 1. The molecule has 2 aromatic heterocycles. The van der Waals surface area contributed by atoms with E-state index in [1.54, 1.807) is 22.1 Å². The van der Waals surface area contributed by atoms with E-state index in [0.29, 0.717) is 28.0 Å². The van der Waals surface area contributed by atoms with Gasteiger partial charge in [-0.3, -0.25) is 28.5 Å². The number of amides is 2. The first-order chi connectivity index (χ1) is 17.8. The number of ether oxygens (including phenoxy) is 1. The Morgan fingerprint density at radius 2 is 2.03 bits per heavy atom. The fourth-order valence-electron chi connectivity index (χ4n) is 5.09. The Labute approximate surface area is 223 Å². The van der Waals surface area contributed by atoms with Crippen molar-refractivity contribution in [2.24, 2.45) is 0 Å².